The Morgan fingerprint density at radius 3 is 2.38 bits per heavy atom. The lowest BCUT2D eigenvalue weighted by Gasteiger charge is -2.31. The fourth-order valence-electron chi connectivity index (χ4n) is 1.80. The molecule has 78 valence electrons. The van der Waals surface area contributed by atoms with Gasteiger partial charge < -0.3 is 5.11 Å². The van der Waals surface area contributed by atoms with Gasteiger partial charge in [0.25, 0.3) is 0 Å². The van der Waals surface area contributed by atoms with Crippen LogP contribution in [0.1, 0.15) is 40.0 Å². The van der Waals surface area contributed by atoms with Crippen molar-refractivity contribution in [2.45, 2.75) is 52.2 Å². The Morgan fingerprint density at radius 2 is 2.00 bits per heavy atom. The minimum Gasteiger partial charge on any atom is -0.392 e. The van der Waals surface area contributed by atoms with E-state index in [2.05, 4.69) is 18.7 Å². The molecule has 13 heavy (non-hydrogen) atoms. The molecule has 0 amide bonds. The van der Waals surface area contributed by atoms with E-state index in [-0.39, 0.29) is 6.10 Å². The molecule has 1 fully saturated rings. The molecule has 0 heterocycles. The Balaban J connectivity index is 2.33. The van der Waals surface area contributed by atoms with Crippen LogP contribution in [-0.2, 0) is 0 Å². The summed E-state index contributed by atoms with van der Waals surface area (Å²) >= 11 is 0. The predicted molar refractivity (Wildman–Crippen MR) is 55.7 cm³/mol. The van der Waals surface area contributed by atoms with Crippen molar-refractivity contribution in [1.29, 1.82) is 0 Å². The van der Waals surface area contributed by atoms with E-state index in [1.807, 2.05) is 6.92 Å². The highest BCUT2D eigenvalue weighted by molar-refractivity contribution is 4.81. The number of hydrogen-bond acceptors (Lipinski definition) is 2. The van der Waals surface area contributed by atoms with E-state index >= 15 is 0 Å². The van der Waals surface area contributed by atoms with Gasteiger partial charge in [-0.3, -0.25) is 4.90 Å². The van der Waals surface area contributed by atoms with Crippen molar-refractivity contribution >= 4 is 0 Å². The van der Waals surface area contributed by atoms with Crippen LogP contribution in [0.2, 0.25) is 0 Å². The first-order valence-electron chi connectivity index (χ1n) is 5.61. The van der Waals surface area contributed by atoms with Crippen LogP contribution in [0.4, 0.5) is 0 Å². The number of nitrogens with zero attached hydrogens (tertiary/aromatic N) is 1. The predicted octanol–water partition coefficient (Wildman–Crippen LogP) is 1.88. The van der Waals surface area contributed by atoms with Crippen LogP contribution in [-0.4, -0.2) is 35.2 Å². The van der Waals surface area contributed by atoms with Crippen LogP contribution >= 0.6 is 0 Å². The minimum absolute atomic E-state index is 0.154. The normalized spacial score (nSPS) is 21.9. The van der Waals surface area contributed by atoms with E-state index in [0.717, 1.165) is 18.9 Å². The van der Waals surface area contributed by atoms with E-state index in [1.54, 1.807) is 0 Å². The molecule has 1 rings (SSSR count). The Labute approximate surface area is 81.9 Å². The zero-order chi connectivity index (χ0) is 9.84. The van der Waals surface area contributed by atoms with Gasteiger partial charge in [0, 0.05) is 12.6 Å². The Hall–Kier alpha value is -0.0800. The molecule has 2 heteroatoms. The zero-order valence-electron chi connectivity index (χ0n) is 9.16. The minimum atomic E-state index is -0.154. The summed E-state index contributed by atoms with van der Waals surface area (Å²) in [6.45, 7) is 8.62. The Kier molecular flexibility index (Phi) is 4.20. The fraction of sp³-hybridized carbons (Fsp3) is 1.00. The average Bonchev–Trinajstić information content (AvgIpc) is 2.95. The number of rotatable bonds is 6. The second kappa shape index (κ2) is 4.97. The summed E-state index contributed by atoms with van der Waals surface area (Å²) in [5, 5.41) is 9.72. The molecule has 0 bridgehead atoms. The highest BCUT2D eigenvalue weighted by atomic mass is 16.3. The molecule has 1 aliphatic carbocycles. The molecule has 0 aromatic rings. The lowest BCUT2D eigenvalue weighted by Crippen LogP contribution is -2.42. The summed E-state index contributed by atoms with van der Waals surface area (Å²) < 4.78 is 0. The Bertz CT molecular complexity index is 145. The quantitative estimate of drug-likeness (QED) is 0.683. The number of hydrogen-bond donors (Lipinski definition) is 1. The standard InChI is InChI=1S/C11H23NO/c1-4-11(13)9(3)12(5-2)8-10-6-7-10/h9-11,13H,4-8H2,1-3H3. The van der Waals surface area contributed by atoms with Crippen molar-refractivity contribution in [3.8, 4) is 0 Å². The van der Waals surface area contributed by atoms with Gasteiger partial charge in [-0.25, -0.2) is 0 Å². The van der Waals surface area contributed by atoms with Gasteiger partial charge in [-0.1, -0.05) is 13.8 Å². The third-order valence-corrected chi connectivity index (χ3v) is 3.15. The highest BCUT2D eigenvalue weighted by Gasteiger charge is 2.27. The van der Waals surface area contributed by atoms with Gasteiger partial charge in [0.1, 0.15) is 0 Å². The van der Waals surface area contributed by atoms with E-state index in [4.69, 9.17) is 0 Å². The molecule has 0 spiro atoms. The van der Waals surface area contributed by atoms with Crippen LogP contribution in [0.5, 0.6) is 0 Å². The van der Waals surface area contributed by atoms with Crippen molar-refractivity contribution in [3.63, 3.8) is 0 Å². The van der Waals surface area contributed by atoms with E-state index in [0.29, 0.717) is 6.04 Å². The topological polar surface area (TPSA) is 23.5 Å². The van der Waals surface area contributed by atoms with Gasteiger partial charge in [0.15, 0.2) is 0 Å². The molecule has 0 radical (unpaired) electrons. The van der Waals surface area contributed by atoms with Crippen LogP contribution in [0.25, 0.3) is 0 Å². The third-order valence-electron chi connectivity index (χ3n) is 3.15. The summed E-state index contributed by atoms with van der Waals surface area (Å²) in [6, 6.07) is 0.329. The second-order valence-corrected chi connectivity index (χ2v) is 4.25. The number of aliphatic hydroxyl groups excluding tert-OH is 1. The molecule has 0 aromatic heterocycles. The Morgan fingerprint density at radius 1 is 1.38 bits per heavy atom. The summed E-state index contributed by atoms with van der Waals surface area (Å²) in [5.41, 5.74) is 0. The SMILES string of the molecule is CCC(O)C(C)N(CC)CC1CC1. The fourth-order valence-corrected chi connectivity index (χ4v) is 1.80. The third kappa shape index (κ3) is 3.28. The van der Waals surface area contributed by atoms with E-state index in [1.165, 1.54) is 19.4 Å². The number of likely N-dealkylation sites (N-methyl/N-ethyl adjacent to an activating group) is 1. The van der Waals surface area contributed by atoms with Gasteiger partial charge in [0.2, 0.25) is 0 Å². The molecule has 2 atom stereocenters. The largest absolute Gasteiger partial charge is 0.392 e. The summed E-state index contributed by atoms with van der Waals surface area (Å²) in [5.74, 6) is 0.923. The van der Waals surface area contributed by atoms with Crippen LogP contribution in [0, 0.1) is 5.92 Å². The lowest BCUT2D eigenvalue weighted by atomic mass is 10.1. The maximum atomic E-state index is 9.72. The number of aliphatic hydroxyl groups is 1. The van der Waals surface area contributed by atoms with Crippen LogP contribution in [0.3, 0.4) is 0 Å². The van der Waals surface area contributed by atoms with Gasteiger partial charge >= 0.3 is 0 Å². The van der Waals surface area contributed by atoms with Crippen molar-refractivity contribution in [2.24, 2.45) is 5.92 Å². The molecule has 2 nitrogen and oxygen atoms in total. The lowest BCUT2D eigenvalue weighted by molar-refractivity contribution is 0.0562. The first-order chi connectivity index (χ1) is 6.19. The maximum absolute atomic E-state index is 9.72. The summed E-state index contributed by atoms with van der Waals surface area (Å²) in [4.78, 5) is 2.41. The molecular formula is C11H23NO. The van der Waals surface area contributed by atoms with Crippen molar-refractivity contribution < 1.29 is 5.11 Å². The maximum Gasteiger partial charge on any atom is 0.0690 e. The van der Waals surface area contributed by atoms with Crippen LogP contribution < -0.4 is 0 Å². The summed E-state index contributed by atoms with van der Waals surface area (Å²) in [6.07, 6.45) is 3.50. The van der Waals surface area contributed by atoms with Crippen molar-refractivity contribution in [3.05, 3.63) is 0 Å². The van der Waals surface area contributed by atoms with E-state index < -0.39 is 0 Å². The first kappa shape index (κ1) is 11.0. The smallest absolute Gasteiger partial charge is 0.0690 e. The highest BCUT2D eigenvalue weighted by Crippen LogP contribution is 2.30. The molecule has 0 saturated heterocycles. The first-order valence-corrected chi connectivity index (χ1v) is 5.61. The van der Waals surface area contributed by atoms with Gasteiger partial charge in [0.05, 0.1) is 6.10 Å². The molecule has 1 aliphatic rings. The van der Waals surface area contributed by atoms with Gasteiger partial charge in [-0.15, -0.1) is 0 Å². The zero-order valence-corrected chi connectivity index (χ0v) is 9.16. The average molecular weight is 185 g/mol. The monoisotopic (exact) mass is 185 g/mol. The van der Waals surface area contributed by atoms with E-state index in [9.17, 15) is 5.11 Å². The van der Waals surface area contributed by atoms with Crippen molar-refractivity contribution in [1.82, 2.24) is 4.90 Å². The van der Waals surface area contributed by atoms with Crippen molar-refractivity contribution in [2.75, 3.05) is 13.1 Å². The van der Waals surface area contributed by atoms with Crippen LogP contribution in [0.15, 0.2) is 0 Å². The molecule has 1 saturated carbocycles. The molecule has 0 aromatic carbocycles. The van der Waals surface area contributed by atoms with Gasteiger partial charge in [-0.2, -0.15) is 0 Å². The summed E-state index contributed by atoms with van der Waals surface area (Å²) in [7, 11) is 0. The molecular weight excluding hydrogens is 162 g/mol. The molecule has 1 N–H and O–H groups in total. The second-order valence-electron chi connectivity index (χ2n) is 4.25. The molecule has 0 aliphatic heterocycles. The van der Waals surface area contributed by atoms with Gasteiger partial charge in [-0.05, 0) is 38.6 Å². The molecule has 2 unspecified atom stereocenters.